The van der Waals surface area contributed by atoms with E-state index in [1.165, 1.54) is 28.1 Å². The fraction of sp³-hybridized carbons (Fsp3) is 0.316. The maximum absolute atomic E-state index is 13.2. The Morgan fingerprint density at radius 3 is 2.63 bits per heavy atom. The van der Waals surface area contributed by atoms with E-state index < -0.39 is 12.0 Å². The molecule has 27 heavy (non-hydrogen) atoms. The maximum atomic E-state index is 13.2. The molecule has 0 saturated heterocycles. The summed E-state index contributed by atoms with van der Waals surface area (Å²) in [6.45, 7) is 6.01. The van der Waals surface area contributed by atoms with Gasteiger partial charge in [0.2, 0.25) is 0 Å². The number of benzene rings is 1. The second-order valence-corrected chi connectivity index (χ2v) is 6.34. The van der Waals surface area contributed by atoms with Gasteiger partial charge in [0.05, 0.1) is 12.7 Å². The van der Waals surface area contributed by atoms with Crippen molar-refractivity contribution in [1.29, 1.82) is 0 Å². The van der Waals surface area contributed by atoms with Gasteiger partial charge in [0, 0.05) is 36.0 Å². The van der Waals surface area contributed by atoms with E-state index in [1.54, 1.807) is 24.3 Å². The van der Waals surface area contributed by atoms with Crippen LogP contribution < -0.4 is 10.2 Å². The number of hydrogen-bond acceptors (Lipinski definition) is 3. The molecule has 0 bridgehead atoms. The molecule has 1 aromatic carbocycles. The van der Waals surface area contributed by atoms with Gasteiger partial charge in [-0.25, -0.2) is 8.78 Å². The Hall–Kier alpha value is -3.03. The van der Waals surface area contributed by atoms with Gasteiger partial charge in [-0.05, 0) is 37.3 Å². The predicted octanol–water partition coefficient (Wildman–Crippen LogP) is 2.93. The van der Waals surface area contributed by atoms with Crippen LogP contribution in [0.5, 0.6) is 0 Å². The van der Waals surface area contributed by atoms with Crippen LogP contribution in [0.3, 0.4) is 0 Å². The van der Waals surface area contributed by atoms with Gasteiger partial charge in [-0.1, -0.05) is 6.58 Å². The topological polar surface area (TPSA) is 67.2 Å². The highest BCUT2D eigenvalue weighted by atomic mass is 19.3. The van der Waals surface area contributed by atoms with Crippen LogP contribution in [0.15, 0.2) is 49.3 Å². The minimum absolute atomic E-state index is 0.156. The second kappa shape index (κ2) is 7.30. The third-order valence-electron chi connectivity index (χ3n) is 4.33. The lowest BCUT2D eigenvalue weighted by Crippen LogP contribution is -2.28. The van der Waals surface area contributed by atoms with Gasteiger partial charge in [0.15, 0.2) is 0 Å². The number of carbonyl (C=O) groups is 2. The molecule has 1 fully saturated rings. The van der Waals surface area contributed by atoms with Crippen LogP contribution in [0.2, 0.25) is 0 Å². The average Bonchev–Trinajstić information content (AvgIpc) is 3.06. The van der Waals surface area contributed by atoms with Gasteiger partial charge in [0.1, 0.15) is 6.04 Å². The largest absolute Gasteiger partial charge is 0.352 e. The fourth-order valence-corrected chi connectivity index (χ4v) is 2.76. The van der Waals surface area contributed by atoms with Gasteiger partial charge in [-0.15, -0.1) is 0 Å². The molecule has 0 aliphatic heterocycles. The lowest BCUT2D eigenvalue weighted by atomic mass is 10.1. The van der Waals surface area contributed by atoms with Crippen molar-refractivity contribution in [2.24, 2.45) is 0 Å². The molecule has 1 heterocycles. The summed E-state index contributed by atoms with van der Waals surface area (Å²) in [5, 5.41) is 6.69. The number of hydrogen-bond donors (Lipinski definition) is 1. The SMILES string of the molecule is C=CC(=O)N(Cc1cnn(C2CC2(F)F)c1)c1ccc(C(=O)NCC)cc1. The highest BCUT2D eigenvalue weighted by Gasteiger charge is 2.59. The summed E-state index contributed by atoms with van der Waals surface area (Å²) in [7, 11) is 0. The van der Waals surface area contributed by atoms with Crippen molar-refractivity contribution in [1.82, 2.24) is 15.1 Å². The number of amides is 2. The first-order valence-electron chi connectivity index (χ1n) is 8.58. The zero-order valence-corrected chi connectivity index (χ0v) is 14.9. The van der Waals surface area contributed by atoms with Crippen molar-refractivity contribution in [3.8, 4) is 0 Å². The van der Waals surface area contributed by atoms with E-state index in [0.717, 1.165) is 0 Å². The molecule has 1 unspecified atom stereocenters. The maximum Gasteiger partial charge on any atom is 0.272 e. The van der Waals surface area contributed by atoms with Crippen LogP contribution in [0.1, 0.15) is 35.3 Å². The third kappa shape index (κ3) is 4.05. The van der Waals surface area contributed by atoms with E-state index in [9.17, 15) is 18.4 Å². The van der Waals surface area contributed by atoms with Crippen LogP contribution in [0.25, 0.3) is 0 Å². The Morgan fingerprint density at radius 1 is 1.41 bits per heavy atom. The summed E-state index contributed by atoms with van der Waals surface area (Å²) in [5.74, 6) is -3.25. The van der Waals surface area contributed by atoms with Crippen molar-refractivity contribution in [3.05, 3.63) is 60.4 Å². The van der Waals surface area contributed by atoms with E-state index in [-0.39, 0.29) is 24.8 Å². The molecule has 142 valence electrons. The summed E-state index contributed by atoms with van der Waals surface area (Å²) < 4.78 is 27.6. The van der Waals surface area contributed by atoms with Gasteiger partial charge in [0.25, 0.3) is 17.7 Å². The molecule has 1 aliphatic carbocycles. The second-order valence-electron chi connectivity index (χ2n) is 6.34. The lowest BCUT2D eigenvalue weighted by Gasteiger charge is -2.21. The van der Waals surface area contributed by atoms with Crippen molar-refractivity contribution in [3.63, 3.8) is 0 Å². The Kier molecular flexibility index (Phi) is 5.07. The number of nitrogens with one attached hydrogen (secondary N) is 1. The molecular weight excluding hydrogens is 354 g/mol. The van der Waals surface area contributed by atoms with Gasteiger partial charge in [-0.2, -0.15) is 5.10 Å². The number of alkyl halides is 2. The molecule has 0 radical (unpaired) electrons. The van der Waals surface area contributed by atoms with E-state index in [4.69, 9.17) is 0 Å². The van der Waals surface area contributed by atoms with Gasteiger partial charge < -0.3 is 10.2 Å². The molecular formula is C19H20F2N4O2. The summed E-state index contributed by atoms with van der Waals surface area (Å²) in [6, 6.07) is 5.65. The van der Waals surface area contributed by atoms with Crippen LogP contribution >= 0.6 is 0 Å². The molecule has 1 N–H and O–H groups in total. The molecule has 1 aromatic heterocycles. The monoisotopic (exact) mass is 374 g/mol. The van der Waals surface area contributed by atoms with Crippen molar-refractivity contribution in [2.45, 2.75) is 31.9 Å². The van der Waals surface area contributed by atoms with Crippen LogP contribution in [-0.4, -0.2) is 34.1 Å². The van der Waals surface area contributed by atoms with Crippen molar-refractivity contribution >= 4 is 17.5 Å². The quantitative estimate of drug-likeness (QED) is 0.758. The summed E-state index contributed by atoms with van der Waals surface area (Å²) in [5.41, 5.74) is 1.67. The van der Waals surface area contributed by atoms with Crippen molar-refractivity contribution < 1.29 is 18.4 Å². The molecule has 1 atom stereocenters. The Labute approximate surface area is 155 Å². The van der Waals surface area contributed by atoms with E-state index in [1.807, 2.05) is 6.92 Å². The molecule has 1 saturated carbocycles. The molecule has 0 spiro atoms. The summed E-state index contributed by atoms with van der Waals surface area (Å²) in [6.07, 6.45) is 3.96. The highest BCUT2D eigenvalue weighted by Crippen LogP contribution is 2.52. The first kappa shape index (κ1) is 18.8. The minimum Gasteiger partial charge on any atom is -0.352 e. The number of aromatic nitrogens is 2. The summed E-state index contributed by atoms with van der Waals surface area (Å²) >= 11 is 0. The van der Waals surface area contributed by atoms with E-state index in [2.05, 4.69) is 17.0 Å². The smallest absolute Gasteiger partial charge is 0.272 e. The van der Waals surface area contributed by atoms with Crippen LogP contribution in [-0.2, 0) is 11.3 Å². The Bertz CT molecular complexity index is 861. The molecule has 3 rings (SSSR count). The van der Waals surface area contributed by atoms with E-state index >= 15 is 0 Å². The average molecular weight is 374 g/mol. The first-order valence-corrected chi connectivity index (χ1v) is 8.58. The van der Waals surface area contributed by atoms with Crippen LogP contribution in [0, 0.1) is 0 Å². The first-order chi connectivity index (χ1) is 12.9. The molecule has 2 amide bonds. The number of carbonyl (C=O) groups excluding carboxylic acids is 2. The Balaban J connectivity index is 1.77. The zero-order valence-electron chi connectivity index (χ0n) is 14.9. The van der Waals surface area contributed by atoms with Gasteiger partial charge >= 0.3 is 0 Å². The van der Waals surface area contributed by atoms with Crippen LogP contribution in [0.4, 0.5) is 14.5 Å². The predicted molar refractivity (Wildman–Crippen MR) is 96.7 cm³/mol. The number of anilines is 1. The minimum atomic E-state index is -2.71. The number of halogens is 2. The molecule has 8 heteroatoms. The Morgan fingerprint density at radius 2 is 2.07 bits per heavy atom. The molecule has 6 nitrogen and oxygen atoms in total. The van der Waals surface area contributed by atoms with Crippen molar-refractivity contribution in [2.75, 3.05) is 11.4 Å². The zero-order chi connectivity index (χ0) is 19.6. The summed E-state index contributed by atoms with van der Waals surface area (Å²) in [4.78, 5) is 25.6. The normalized spacial score (nSPS) is 17.2. The standard InChI is InChI=1S/C19H20F2N4O2/c1-3-17(26)24(15-7-5-14(6-8-15)18(27)22-4-2)11-13-10-23-25(12-13)16-9-19(16,20)21/h3,5-8,10,12,16H,1,4,9,11H2,2H3,(H,22,27). The van der Waals surface area contributed by atoms with Gasteiger partial charge in [-0.3, -0.25) is 14.3 Å². The highest BCUT2D eigenvalue weighted by molar-refractivity contribution is 6.01. The number of rotatable bonds is 7. The van der Waals surface area contributed by atoms with E-state index in [0.29, 0.717) is 23.4 Å². The lowest BCUT2D eigenvalue weighted by molar-refractivity contribution is -0.114. The molecule has 2 aromatic rings. The fourth-order valence-electron chi connectivity index (χ4n) is 2.76. The molecule has 1 aliphatic rings. The number of nitrogens with zero attached hydrogens (tertiary/aromatic N) is 3. The third-order valence-corrected chi connectivity index (χ3v) is 4.33.